The molecule has 2 heteroatoms. The minimum atomic E-state index is 0.448. The number of nitrogens with zero attached hydrogens (tertiary/aromatic N) is 1. The lowest BCUT2D eigenvalue weighted by molar-refractivity contribution is -0.122. The van der Waals surface area contributed by atoms with Crippen LogP contribution in [0.3, 0.4) is 0 Å². The number of hydrogen-bond acceptors (Lipinski definition) is 2. The molecule has 1 saturated heterocycles. The Hall–Kier alpha value is -1.15. The van der Waals surface area contributed by atoms with Crippen molar-refractivity contribution in [2.24, 2.45) is 0 Å². The number of carbonyl (C=O) groups excluding carboxylic acids is 1. The number of carbonyl (C=O) groups is 1. The normalized spacial score (nSPS) is 29.4. The lowest BCUT2D eigenvalue weighted by Crippen LogP contribution is -2.45. The van der Waals surface area contributed by atoms with Gasteiger partial charge in [-0.05, 0) is 24.3 Å². The van der Waals surface area contributed by atoms with Gasteiger partial charge < -0.3 is 0 Å². The summed E-state index contributed by atoms with van der Waals surface area (Å²) in [6, 6.07) is 11.6. The van der Waals surface area contributed by atoms with Crippen molar-refractivity contribution >= 4 is 5.78 Å². The van der Waals surface area contributed by atoms with Crippen molar-refractivity contribution in [3.63, 3.8) is 0 Å². The molecule has 0 bridgehead atoms. The van der Waals surface area contributed by atoms with E-state index in [0.29, 0.717) is 17.7 Å². The van der Waals surface area contributed by atoms with Crippen LogP contribution in [0.1, 0.15) is 50.0 Å². The topological polar surface area (TPSA) is 20.3 Å². The minimum Gasteiger partial charge on any atom is -0.300 e. The Labute approximate surface area is 115 Å². The molecule has 102 valence electrons. The van der Waals surface area contributed by atoms with Crippen molar-refractivity contribution in [3.8, 4) is 0 Å². The number of piperidine rings is 1. The van der Waals surface area contributed by atoms with Crippen molar-refractivity contribution in [3.05, 3.63) is 35.9 Å². The van der Waals surface area contributed by atoms with Crippen LogP contribution in [0.4, 0.5) is 0 Å². The summed E-state index contributed by atoms with van der Waals surface area (Å²) in [7, 11) is 0. The fourth-order valence-corrected chi connectivity index (χ4v) is 3.74. The molecule has 2 fully saturated rings. The van der Waals surface area contributed by atoms with Gasteiger partial charge in [0, 0.05) is 32.0 Å². The first-order chi connectivity index (χ1) is 9.34. The summed E-state index contributed by atoms with van der Waals surface area (Å²) in [4.78, 5) is 14.0. The number of hydrogen-bond donors (Lipinski definition) is 0. The number of ketones is 1. The summed E-state index contributed by atoms with van der Waals surface area (Å²) in [5.74, 6) is 1.12. The molecular formula is C17H23NO. The van der Waals surface area contributed by atoms with Gasteiger partial charge in [-0.3, -0.25) is 9.69 Å². The highest BCUT2D eigenvalue weighted by Crippen LogP contribution is 2.36. The molecule has 1 saturated carbocycles. The second-order valence-corrected chi connectivity index (χ2v) is 5.94. The average Bonchev–Trinajstić information content (AvgIpc) is 2.49. The van der Waals surface area contributed by atoms with Crippen LogP contribution in [0.25, 0.3) is 0 Å². The standard InChI is InChI=1S/C17H23NO/c19-15-10-12-18(13-11-15)17-9-5-4-8-16(17)14-6-2-1-3-7-14/h1-3,6-7,16-17H,4-5,8-13H2/t16?,17-/m1/s1. The predicted octanol–water partition coefficient (Wildman–Crippen LogP) is 3.38. The molecule has 1 aliphatic carbocycles. The first-order valence-corrected chi connectivity index (χ1v) is 7.65. The zero-order valence-electron chi connectivity index (χ0n) is 11.6. The molecule has 0 spiro atoms. The maximum atomic E-state index is 11.4. The zero-order valence-corrected chi connectivity index (χ0v) is 11.6. The summed E-state index contributed by atoms with van der Waals surface area (Å²) in [5.41, 5.74) is 1.49. The molecule has 1 unspecified atom stereocenters. The summed E-state index contributed by atoms with van der Waals surface area (Å²) < 4.78 is 0. The molecule has 0 radical (unpaired) electrons. The Balaban J connectivity index is 1.76. The molecule has 3 rings (SSSR count). The molecule has 2 aliphatic rings. The van der Waals surface area contributed by atoms with E-state index in [2.05, 4.69) is 35.2 Å². The Kier molecular flexibility index (Phi) is 3.97. The van der Waals surface area contributed by atoms with Crippen LogP contribution < -0.4 is 0 Å². The van der Waals surface area contributed by atoms with Crippen molar-refractivity contribution in [1.29, 1.82) is 0 Å². The SMILES string of the molecule is O=C1CCN([C@@H]2CCCCC2c2ccccc2)CC1. The molecule has 0 amide bonds. The van der Waals surface area contributed by atoms with Gasteiger partial charge in [-0.25, -0.2) is 0 Å². The fourth-order valence-electron chi connectivity index (χ4n) is 3.74. The lowest BCUT2D eigenvalue weighted by Gasteiger charge is -2.41. The largest absolute Gasteiger partial charge is 0.300 e. The minimum absolute atomic E-state index is 0.448. The quantitative estimate of drug-likeness (QED) is 0.809. The Bertz CT molecular complexity index is 418. The second-order valence-electron chi connectivity index (χ2n) is 5.94. The highest BCUT2D eigenvalue weighted by Gasteiger charge is 2.32. The molecular weight excluding hydrogens is 234 g/mol. The summed E-state index contributed by atoms with van der Waals surface area (Å²) in [5, 5.41) is 0. The third-order valence-electron chi connectivity index (χ3n) is 4.78. The molecule has 19 heavy (non-hydrogen) atoms. The van der Waals surface area contributed by atoms with Crippen molar-refractivity contribution < 1.29 is 4.79 Å². The molecule has 1 heterocycles. The van der Waals surface area contributed by atoms with Gasteiger partial charge in [0.2, 0.25) is 0 Å². The fraction of sp³-hybridized carbons (Fsp3) is 0.588. The highest BCUT2D eigenvalue weighted by molar-refractivity contribution is 5.79. The summed E-state index contributed by atoms with van der Waals surface area (Å²) in [6.07, 6.45) is 6.82. The first-order valence-electron chi connectivity index (χ1n) is 7.65. The van der Waals surface area contributed by atoms with Crippen LogP contribution >= 0.6 is 0 Å². The Morgan fingerprint density at radius 3 is 2.37 bits per heavy atom. The predicted molar refractivity (Wildman–Crippen MR) is 77.3 cm³/mol. The van der Waals surface area contributed by atoms with E-state index in [1.807, 2.05) is 0 Å². The third kappa shape index (κ3) is 2.89. The highest BCUT2D eigenvalue weighted by atomic mass is 16.1. The number of Topliss-reactive ketones (excluding diaryl/α,β-unsaturated/α-hetero) is 1. The lowest BCUT2D eigenvalue weighted by atomic mass is 9.78. The van der Waals surface area contributed by atoms with E-state index in [4.69, 9.17) is 0 Å². The maximum Gasteiger partial charge on any atom is 0.135 e. The van der Waals surface area contributed by atoms with E-state index >= 15 is 0 Å². The molecule has 2 nitrogen and oxygen atoms in total. The second kappa shape index (κ2) is 5.87. The van der Waals surface area contributed by atoms with Crippen LogP contribution in [-0.2, 0) is 4.79 Å². The van der Waals surface area contributed by atoms with Gasteiger partial charge >= 0.3 is 0 Å². The molecule has 1 aromatic rings. The third-order valence-corrected chi connectivity index (χ3v) is 4.78. The smallest absolute Gasteiger partial charge is 0.135 e. The van der Waals surface area contributed by atoms with Gasteiger partial charge in [-0.1, -0.05) is 43.2 Å². The average molecular weight is 257 g/mol. The van der Waals surface area contributed by atoms with Crippen molar-refractivity contribution in [1.82, 2.24) is 4.90 Å². The van der Waals surface area contributed by atoms with E-state index in [0.717, 1.165) is 25.9 Å². The summed E-state index contributed by atoms with van der Waals surface area (Å²) >= 11 is 0. The van der Waals surface area contributed by atoms with Crippen LogP contribution in [0.2, 0.25) is 0 Å². The van der Waals surface area contributed by atoms with E-state index < -0.39 is 0 Å². The monoisotopic (exact) mass is 257 g/mol. The molecule has 0 aromatic heterocycles. The van der Waals surface area contributed by atoms with Gasteiger partial charge in [0.1, 0.15) is 5.78 Å². The van der Waals surface area contributed by atoms with Crippen LogP contribution in [0, 0.1) is 0 Å². The van der Waals surface area contributed by atoms with Crippen molar-refractivity contribution in [2.75, 3.05) is 13.1 Å². The summed E-state index contributed by atoms with van der Waals surface area (Å²) in [6.45, 7) is 1.96. The molecule has 1 aliphatic heterocycles. The van der Waals surface area contributed by atoms with E-state index in [9.17, 15) is 4.79 Å². The zero-order chi connectivity index (χ0) is 13.1. The van der Waals surface area contributed by atoms with Gasteiger partial charge in [0.05, 0.1) is 0 Å². The molecule has 0 N–H and O–H groups in total. The van der Waals surface area contributed by atoms with E-state index in [1.165, 1.54) is 31.2 Å². The van der Waals surface area contributed by atoms with Crippen LogP contribution in [0.5, 0.6) is 0 Å². The van der Waals surface area contributed by atoms with Crippen molar-refractivity contribution in [2.45, 2.75) is 50.5 Å². The van der Waals surface area contributed by atoms with Gasteiger partial charge in [-0.15, -0.1) is 0 Å². The number of rotatable bonds is 2. The molecule has 1 aromatic carbocycles. The van der Waals surface area contributed by atoms with E-state index in [-0.39, 0.29) is 0 Å². The first kappa shape index (κ1) is 12.9. The Morgan fingerprint density at radius 1 is 0.947 bits per heavy atom. The van der Waals surface area contributed by atoms with Gasteiger partial charge in [0.15, 0.2) is 0 Å². The van der Waals surface area contributed by atoms with Gasteiger partial charge in [0.25, 0.3) is 0 Å². The van der Waals surface area contributed by atoms with E-state index in [1.54, 1.807) is 0 Å². The maximum absolute atomic E-state index is 11.4. The number of likely N-dealkylation sites (tertiary alicyclic amines) is 1. The van der Waals surface area contributed by atoms with Gasteiger partial charge in [-0.2, -0.15) is 0 Å². The van der Waals surface area contributed by atoms with Crippen LogP contribution in [-0.4, -0.2) is 29.8 Å². The number of benzene rings is 1. The Morgan fingerprint density at radius 2 is 1.63 bits per heavy atom. The molecule has 2 atom stereocenters. The van der Waals surface area contributed by atoms with Crippen LogP contribution in [0.15, 0.2) is 30.3 Å².